The maximum Gasteiger partial charge on any atom is 0.246 e. The summed E-state index contributed by atoms with van der Waals surface area (Å²) in [5.41, 5.74) is 1.77. The molecule has 0 saturated carbocycles. The van der Waals surface area contributed by atoms with Gasteiger partial charge in [-0.3, -0.25) is 0 Å². The van der Waals surface area contributed by atoms with Crippen molar-refractivity contribution in [3.05, 3.63) is 24.2 Å². The maximum absolute atomic E-state index is 5.93. The van der Waals surface area contributed by atoms with Crippen molar-refractivity contribution in [2.24, 2.45) is 0 Å². The second kappa shape index (κ2) is 5.76. The molecule has 2 aliphatic rings. The Balaban J connectivity index is 2.04. The standard InChI is InChI=1S/C14H24O2Si/c1-12-8-9-15-14(2,16-11-12)13-7-5-3-4-6-10-17-13/h8-9,11,13H,3-7,10,17H2,1-2H3. The number of rotatable bonds is 1. The van der Waals surface area contributed by atoms with Crippen molar-refractivity contribution in [2.75, 3.05) is 0 Å². The monoisotopic (exact) mass is 252 g/mol. The third kappa shape index (κ3) is 3.38. The molecule has 3 heteroatoms. The summed E-state index contributed by atoms with van der Waals surface area (Å²) in [7, 11) is -0.0815. The van der Waals surface area contributed by atoms with E-state index in [-0.39, 0.29) is 9.52 Å². The van der Waals surface area contributed by atoms with Crippen LogP contribution < -0.4 is 0 Å². The van der Waals surface area contributed by atoms with Gasteiger partial charge >= 0.3 is 0 Å². The van der Waals surface area contributed by atoms with Gasteiger partial charge in [-0.2, -0.15) is 0 Å². The van der Waals surface area contributed by atoms with Crippen LogP contribution in [0.15, 0.2) is 24.2 Å². The minimum atomic E-state index is -0.405. The van der Waals surface area contributed by atoms with Crippen molar-refractivity contribution in [3.63, 3.8) is 0 Å². The van der Waals surface area contributed by atoms with Crippen LogP contribution in [0.1, 0.15) is 46.0 Å². The average molecular weight is 252 g/mol. The predicted molar refractivity (Wildman–Crippen MR) is 73.7 cm³/mol. The minimum Gasteiger partial charge on any atom is -0.460 e. The van der Waals surface area contributed by atoms with Crippen LogP contribution in [0.4, 0.5) is 0 Å². The summed E-state index contributed by atoms with van der Waals surface area (Å²) in [5, 5.41) is 0. The van der Waals surface area contributed by atoms with Crippen molar-refractivity contribution < 1.29 is 9.47 Å². The lowest BCUT2D eigenvalue weighted by molar-refractivity contribution is -0.161. The van der Waals surface area contributed by atoms with Crippen LogP contribution in [-0.2, 0) is 9.47 Å². The van der Waals surface area contributed by atoms with Crippen LogP contribution in [0.2, 0.25) is 11.6 Å². The molecule has 96 valence electrons. The van der Waals surface area contributed by atoms with Gasteiger partial charge in [0, 0.05) is 22.0 Å². The maximum atomic E-state index is 5.93. The Morgan fingerprint density at radius 2 is 2.06 bits per heavy atom. The van der Waals surface area contributed by atoms with Gasteiger partial charge < -0.3 is 9.47 Å². The molecule has 0 spiro atoms. The van der Waals surface area contributed by atoms with Gasteiger partial charge in [-0.1, -0.05) is 31.7 Å². The first-order valence-electron chi connectivity index (χ1n) is 6.90. The van der Waals surface area contributed by atoms with E-state index in [2.05, 4.69) is 6.92 Å². The van der Waals surface area contributed by atoms with Gasteiger partial charge in [0.25, 0.3) is 0 Å². The Labute approximate surface area is 107 Å². The number of hydrogen-bond acceptors (Lipinski definition) is 2. The van der Waals surface area contributed by atoms with Gasteiger partial charge in [0.05, 0.1) is 12.5 Å². The van der Waals surface area contributed by atoms with Crippen molar-refractivity contribution in [1.82, 2.24) is 0 Å². The van der Waals surface area contributed by atoms with Gasteiger partial charge in [0.1, 0.15) is 0 Å². The molecular formula is C14H24O2Si. The number of hydrogen-bond donors (Lipinski definition) is 0. The summed E-state index contributed by atoms with van der Waals surface area (Å²) in [4.78, 5) is 0. The summed E-state index contributed by atoms with van der Waals surface area (Å²) in [5.74, 6) is -0.405. The highest BCUT2D eigenvalue weighted by Crippen LogP contribution is 2.37. The molecule has 2 nitrogen and oxygen atoms in total. The SMILES string of the molecule is CC1=COC(C)(C2CCCCCC[SiH2]2)OC=C1. The van der Waals surface area contributed by atoms with Crippen LogP contribution in [0, 0.1) is 0 Å². The smallest absolute Gasteiger partial charge is 0.246 e. The van der Waals surface area contributed by atoms with Gasteiger partial charge in [-0.25, -0.2) is 0 Å². The summed E-state index contributed by atoms with van der Waals surface area (Å²) in [6, 6.07) is 1.44. The van der Waals surface area contributed by atoms with Crippen LogP contribution in [-0.4, -0.2) is 15.3 Å². The van der Waals surface area contributed by atoms with E-state index in [4.69, 9.17) is 9.47 Å². The fourth-order valence-electron chi connectivity index (χ4n) is 2.73. The lowest BCUT2D eigenvalue weighted by Crippen LogP contribution is -2.37. The highest BCUT2D eigenvalue weighted by atomic mass is 28.2. The predicted octanol–water partition coefficient (Wildman–Crippen LogP) is 3.51. The first-order valence-corrected chi connectivity index (χ1v) is 8.71. The van der Waals surface area contributed by atoms with E-state index < -0.39 is 5.79 Å². The molecule has 17 heavy (non-hydrogen) atoms. The Bertz CT molecular complexity index is 303. The molecule has 2 aliphatic heterocycles. The Morgan fingerprint density at radius 3 is 2.94 bits per heavy atom. The van der Waals surface area contributed by atoms with Crippen LogP contribution in [0.25, 0.3) is 0 Å². The molecule has 2 heterocycles. The minimum absolute atomic E-state index is 0.0815. The lowest BCUT2D eigenvalue weighted by Gasteiger charge is -2.36. The first kappa shape index (κ1) is 12.7. The van der Waals surface area contributed by atoms with Crippen molar-refractivity contribution in [1.29, 1.82) is 0 Å². The summed E-state index contributed by atoms with van der Waals surface area (Å²) in [6.45, 7) is 4.16. The molecule has 1 saturated heterocycles. The van der Waals surface area contributed by atoms with Gasteiger partial charge in [0.15, 0.2) is 0 Å². The molecule has 0 N–H and O–H groups in total. The Morgan fingerprint density at radius 1 is 1.24 bits per heavy atom. The molecule has 0 radical (unpaired) electrons. The van der Waals surface area contributed by atoms with E-state index in [1.54, 1.807) is 0 Å². The molecular weight excluding hydrogens is 228 g/mol. The molecule has 0 bridgehead atoms. The highest BCUT2D eigenvalue weighted by molar-refractivity contribution is 6.38. The second-order valence-electron chi connectivity index (χ2n) is 5.46. The Hall–Kier alpha value is -0.703. The zero-order valence-corrected chi connectivity index (χ0v) is 12.5. The van der Waals surface area contributed by atoms with E-state index in [9.17, 15) is 0 Å². The third-order valence-electron chi connectivity index (χ3n) is 3.96. The van der Waals surface area contributed by atoms with Crippen molar-refractivity contribution in [2.45, 2.75) is 63.3 Å². The van der Waals surface area contributed by atoms with E-state index in [1.165, 1.54) is 38.1 Å². The average Bonchev–Trinajstić information content (AvgIpc) is 2.41. The molecule has 0 aromatic carbocycles. The molecule has 2 rings (SSSR count). The molecule has 0 amide bonds. The molecule has 0 aromatic heterocycles. The quantitative estimate of drug-likeness (QED) is 0.665. The number of allylic oxidation sites excluding steroid dienone is 2. The van der Waals surface area contributed by atoms with Gasteiger partial charge in [-0.05, 0) is 25.0 Å². The summed E-state index contributed by atoms with van der Waals surface area (Å²) >= 11 is 0. The van der Waals surface area contributed by atoms with E-state index in [0.717, 1.165) is 5.57 Å². The zero-order valence-electron chi connectivity index (χ0n) is 11.1. The van der Waals surface area contributed by atoms with Gasteiger partial charge in [0.2, 0.25) is 5.79 Å². The number of ether oxygens (including phenoxy) is 2. The molecule has 0 aliphatic carbocycles. The van der Waals surface area contributed by atoms with E-state index in [1.807, 2.05) is 25.5 Å². The highest BCUT2D eigenvalue weighted by Gasteiger charge is 2.37. The zero-order chi connectivity index (χ0) is 12.1. The fourth-order valence-corrected chi connectivity index (χ4v) is 5.16. The normalized spacial score (nSPS) is 36.1. The van der Waals surface area contributed by atoms with E-state index >= 15 is 0 Å². The molecule has 0 aromatic rings. The third-order valence-corrected chi connectivity index (χ3v) is 6.71. The second-order valence-corrected chi connectivity index (χ2v) is 7.73. The first-order chi connectivity index (χ1) is 8.21. The van der Waals surface area contributed by atoms with E-state index in [0.29, 0.717) is 5.54 Å². The molecule has 2 unspecified atom stereocenters. The molecule has 2 atom stereocenters. The topological polar surface area (TPSA) is 18.5 Å². The van der Waals surface area contributed by atoms with Crippen molar-refractivity contribution >= 4 is 9.52 Å². The van der Waals surface area contributed by atoms with Crippen molar-refractivity contribution in [3.8, 4) is 0 Å². The van der Waals surface area contributed by atoms with Crippen LogP contribution in [0.3, 0.4) is 0 Å². The van der Waals surface area contributed by atoms with Crippen LogP contribution >= 0.6 is 0 Å². The largest absolute Gasteiger partial charge is 0.460 e. The molecule has 1 fully saturated rings. The lowest BCUT2D eigenvalue weighted by atomic mass is 10.1. The Kier molecular flexibility index (Phi) is 4.32. The van der Waals surface area contributed by atoms with Crippen LogP contribution in [0.5, 0.6) is 0 Å². The van der Waals surface area contributed by atoms with Gasteiger partial charge in [-0.15, -0.1) is 0 Å². The summed E-state index contributed by atoms with van der Waals surface area (Å²) in [6.07, 6.45) is 12.5. The summed E-state index contributed by atoms with van der Waals surface area (Å²) < 4.78 is 11.8. The fraction of sp³-hybridized carbons (Fsp3) is 0.714.